The molecular weight excluding hydrogens is 416 g/mol. The molecule has 0 fully saturated rings. The van der Waals surface area contributed by atoms with Crippen molar-refractivity contribution in [2.45, 2.75) is 26.5 Å². The summed E-state index contributed by atoms with van der Waals surface area (Å²) in [5, 5.41) is 3.83. The summed E-state index contributed by atoms with van der Waals surface area (Å²) in [4.78, 5) is 18.0. The van der Waals surface area contributed by atoms with Crippen LogP contribution in [0.1, 0.15) is 29.8 Å². The van der Waals surface area contributed by atoms with E-state index in [-0.39, 0.29) is 18.8 Å². The van der Waals surface area contributed by atoms with Gasteiger partial charge in [-0.3, -0.25) is 4.79 Å². The average molecular weight is 440 g/mol. The van der Waals surface area contributed by atoms with Crippen LogP contribution in [0.2, 0.25) is 0 Å². The average Bonchev–Trinajstić information content (AvgIpc) is 3.29. The van der Waals surface area contributed by atoms with Gasteiger partial charge in [0.05, 0.1) is 22.9 Å². The first-order valence-electron chi connectivity index (χ1n) is 10.9. The molecule has 3 aromatic carbocycles. The minimum absolute atomic E-state index is 0.0716. The van der Waals surface area contributed by atoms with Crippen molar-refractivity contribution in [3.05, 3.63) is 83.9 Å². The number of ether oxygens (including phenoxy) is 3. The van der Waals surface area contributed by atoms with Crippen LogP contribution in [0.3, 0.4) is 0 Å². The van der Waals surface area contributed by atoms with Gasteiger partial charge < -0.3 is 19.5 Å². The minimum Gasteiger partial charge on any atom is -0.491 e. The molecule has 0 unspecified atom stereocenters. The van der Waals surface area contributed by atoms with Crippen LogP contribution >= 0.6 is 0 Å². The summed E-state index contributed by atoms with van der Waals surface area (Å²) in [5.74, 6) is 2.02. The molecule has 0 aliphatic carbocycles. The number of benzene rings is 3. The highest BCUT2D eigenvalue weighted by Crippen LogP contribution is 2.32. The number of hydrogen-bond donors (Lipinski definition) is 1. The third-order valence-electron chi connectivity index (χ3n) is 5.35. The van der Waals surface area contributed by atoms with Crippen molar-refractivity contribution in [2.24, 2.45) is 0 Å². The molecule has 33 heavy (non-hydrogen) atoms. The Morgan fingerprint density at radius 1 is 1.00 bits per heavy atom. The second kappa shape index (κ2) is 8.82. The van der Waals surface area contributed by atoms with E-state index in [1.807, 2.05) is 86.6 Å². The van der Waals surface area contributed by atoms with Gasteiger partial charge in [-0.05, 0) is 55.8 Å². The van der Waals surface area contributed by atoms with Crippen LogP contribution in [0, 0.1) is 0 Å². The molecule has 0 atom stereocenters. The van der Waals surface area contributed by atoms with Crippen molar-refractivity contribution in [1.82, 2.24) is 10.3 Å². The number of pyridine rings is 1. The zero-order valence-electron chi connectivity index (χ0n) is 18.5. The minimum atomic E-state index is -0.165. The van der Waals surface area contributed by atoms with Crippen molar-refractivity contribution in [3.63, 3.8) is 0 Å². The van der Waals surface area contributed by atoms with Gasteiger partial charge in [0.1, 0.15) is 5.75 Å². The van der Waals surface area contributed by atoms with Crippen LogP contribution in [0.4, 0.5) is 0 Å². The number of hydrogen-bond acceptors (Lipinski definition) is 5. The molecule has 0 saturated heterocycles. The van der Waals surface area contributed by atoms with Crippen molar-refractivity contribution < 1.29 is 19.0 Å². The molecule has 166 valence electrons. The van der Waals surface area contributed by atoms with Crippen LogP contribution in [0.25, 0.3) is 22.2 Å². The van der Waals surface area contributed by atoms with Crippen LogP contribution in [-0.4, -0.2) is 23.8 Å². The van der Waals surface area contributed by atoms with E-state index in [4.69, 9.17) is 19.2 Å². The zero-order chi connectivity index (χ0) is 22.8. The van der Waals surface area contributed by atoms with Gasteiger partial charge in [0, 0.05) is 17.5 Å². The third kappa shape index (κ3) is 4.46. The fourth-order valence-corrected chi connectivity index (χ4v) is 3.84. The Morgan fingerprint density at radius 3 is 2.73 bits per heavy atom. The second-order valence-electron chi connectivity index (χ2n) is 8.14. The van der Waals surface area contributed by atoms with E-state index in [0.717, 1.165) is 39.2 Å². The molecule has 6 nitrogen and oxygen atoms in total. The summed E-state index contributed by atoms with van der Waals surface area (Å²) >= 11 is 0. The quantitative estimate of drug-likeness (QED) is 0.438. The topological polar surface area (TPSA) is 69.7 Å². The van der Waals surface area contributed by atoms with E-state index < -0.39 is 0 Å². The van der Waals surface area contributed by atoms with Crippen molar-refractivity contribution in [2.75, 3.05) is 6.79 Å². The predicted octanol–water partition coefficient (Wildman–Crippen LogP) is 5.35. The second-order valence-corrected chi connectivity index (χ2v) is 8.14. The van der Waals surface area contributed by atoms with Gasteiger partial charge in [-0.1, -0.05) is 36.4 Å². The lowest BCUT2D eigenvalue weighted by molar-refractivity contribution is 0.0952. The molecule has 5 rings (SSSR count). The Morgan fingerprint density at radius 2 is 1.85 bits per heavy atom. The Labute approximate surface area is 192 Å². The number of rotatable bonds is 6. The number of amides is 1. The number of carbonyl (C=O) groups is 1. The first-order valence-corrected chi connectivity index (χ1v) is 10.9. The van der Waals surface area contributed by atoms with Gasteiger partial charge in [-0.25, -0.2) is 4.98 Å². The molecule has 6 heteroatoms. The summed E-state index contributed by atoms with van der Waals surface area (Å²) in [5.41, 5.74) is 3.88. The van der Waals surface area contributed by atoms with E-state index in [0.29, 0.717) is 17.9 Å². The maximum absolute atomic E-state index is 13.2. The Bertz CT molecular complexity index is 1330. The highest BCUT2D eigenvalue weighted by atomic mass is 16.7. The number of nitrogens with zero attached hydrogens (tertiary/aromatic N) is 1. The standard InChI is InChI=1S/C27H24N2O4/c1-17(2)33-20-7-5-6-19(13-20)24-14-22(21-8-3-4-9-23(21)29-24)27(30)28-15-18-10-11-25-26(12-18)32-16-31-25/h3-14,17H,15-16H2,1-2H3,(H,28,30). The Hall–Kier alpha value is -4.06. The maximum atomic E-state index is 13.2. The molecule has 4 aromatic rings. The Kier molecular flexibility index (Phi) is 5.57. The van der Waals surface area contributed by atoms with E-state index in [9.17, 15) is 4.79 Å². The molecule has 1 aliphatic rings. The number of nitrogens with one attached hydrogen (secondary N) is 1. The van der Waals surface area contributed by atoms with E-state index in [1.54, 1.807) is 0 Å². The molecule has 1 aliphatic heterocycles. The van der Waals surface area contributed by atoms with Crippen LogP contribution in [0.5, 0.6) is 17.2 Å². The van der Waals surface area contributed by atoms with E-state index in [1.165, 1.54) is 0 Å². The van der Waals surface area contributed by atoms with Gasteiger partial charge in [0.2, 0.25) is 6.79 Å². The largest absolute Gasteiger partial charge is 0.491 e. The normalized spacial score (nSPS) is 12.2. The van der Waals surface area contributed by atoms with E-state index in [2.05, 4.69) is 5.32 Å². The summed E-state index contributed by atoms with van der Waals surface area (Å²) in [6, 6.07) is 22.9. The molecule has 0 bridgehead atoms. The lowest BCUT2D eigenvalue weighted by Crippen LogP contribution is -2.23. The first-order chi connectivity index (χ1) is 16.1. The fourth-order valence-electron chi connectivity index (χ4n) is 3.84. The summed E-state index contributed by atoms with van der Waals surface area (Å²) in [6.45, 7) is 4.58. The smallest absolute Gasteiger partial charge is 0.252 e. The number of para-hydroxylation sites is 1. The first kappa shape index (κ1) is 20.8. The van der Waals surface area contributed by atoms with Gasteiger partial charge in [0.25, 0.3) is 5.91 Å². The molecule has 0 radical (unpaired) electrons. The molecule has 2 heterocycles. The monoisotopic (exact) mass is 440 g/mol. The fraction of sp³-hybridized carbons (Fsp3) is 0.185. The summed E-state index contributed by atoms with van der Waals surface area (Å²) < 4.78 is 16.6. The highest BCUT2D eigenvalue weighted by molar-refractivity contribution is 6.07. The summed E-state index contributed by atoms with van der Waals surface area (Å²) in [6.07, 6.45) is 0.0716. The lowest BCUT2D eigenvalue weighted by atomic mass is 10.0. The summed E-state index contributed by atoms with van der Waals surface area (Å²) in [7, 11) is 0. The van der Waals surface area contributed by atoms with E-state index >= 15 is 0 Å². The zero-order valence-corrected chi connectivity index (χ0v) is 18.5. The third-order valence-corrected chi connectivity index (χ3v) is 5.35. The van der Waals surface area contributed by atoms with Gasteiger partial charge in [-0.15, -0.1) is 0 Å². The van der Waals surface area contributed by atoms with Crippen LogP contribution in [0.15, 0.2) is 72.8 Å². The molecule has 1 aromatic heterocycles. The highest BCUT2D eigenvalue weighted by Gasteiger charge is 2.16. The van der Waals surface area contributed by atoms with Crippen molar-refractivity contribution >= 4 is 16.8 Å². The molecule has 1 N–H and O–H groups in total. The van der Waals surface area contributed by atoms with Gasteiger partial charge >= 0.3 is 0 Å². The SMILES string of the molecule is CC(C)Oc1cccc(-c2cc(C(=O)NCc3ccc4c(c3)OCO4)c3ccccc3n2)c1. The van der Waals surface area contributed by atoms with Gasteiger partial charge in [-0.2, -0.15) is 0 Å². The Balaban J connectivity index is 1.45. The van der Waals surface area contributed by atoms with Gasteiger partial charge in [0.15, 0.2) is 11.5 Å². The van der Waals surface area contributed by atoms with Crippen LogP contribution < -0.4 is 19.5 Å². The molecule has 1 amide bonds. The molecule has 0 saturated carbocycles. The lowest BCUT2D eigenvalue weighted by Gasteiger charge is -2.13. The molecular formula is C27H24N2O4. The van der Waals surface area contributed by atoms with Crippen molar-refractivity contribution in [1.29, 1.82) is 0 Å². The maximum Gasteiger partial charge on any atom is 0.252 e. The number of aromatic nitrogens is 1. The number of carbonyl (C=O) groups excluding carboxylic acids is 1. The van der Waals surface area contributed by atoms with Crippen molar-refractivity contribution in [3.8, 4) is 28.5 Å². The van der Waals surface area contributed by atoms with Crippen LogP contribution in [-0.2, 0) is 6.54 Å². The molecule has 0 spiro atoms. The number of fused-ring (bicyclic) bond motifs is 2. The predicted molar refractivity (Wildman–Crippen MR) is 127 cm³/mol.